The van der Waals surface area contributed by atoms with Crippen molar-refractivity contribution in [1.29, 1.82) is 0 Å². The van der Waals surface area contributed by atoms with Crippen molar-refractivity contribution in [3.05, 3.63) is 23.7 Å². The number of carbonyl (C=O) groups is 2. The number of nitrogens with zero attached hydrogens (tertiary/aromatic N) is 2. The van der Waals surface area contributed by atoms with Crippen LogP contribution in [0.25, 0.3) is 0 Å². The van der Waals surface area contributed by atoms with Crippen molar-refractivity contribution in [3.63, 3.8) is 0 Å². The maximum atomic E-state index is 11.2. The van der Waals surface area contributed by atoms with E-state index in [1.807, 2.05) is 11.8 Å². The molecule has 6 nitrogen and oxygen atoms in total. The molecule has 1 fully saturated rings. The summed E-state index contributed by atoms with van der Waals surface area (Å²) >= 11 is 0. The van der Waals surface area contributed by atoms with Gasteiger partial charge in [-0.2, -0.15) is 0 Å². The van der Waals surface area contributed by atoms with E-state index in [1.54, 1.807) is 13.0 Å². The molecule has 1 atom stereocenters. The summed E-state index contributed by atoms with van der Waals surface area (Å²) in [6.07, 6.45) is 0. The average Bonchev–Trinajstić information content (AvgIpc) is 2.87. The van der Waals surface area contributed by atoms with E-state index in [1.165, 1.54) is 6.07 Å². The first-order chi connectivity index (χ1) is 8.99. The molecule has 0 aromatic carbocycles. The number of carbonyl (C=O) groups excluding carboxylic acids is 1. The number of hydrogen-bond acceptors (Lipinski definition) is 4. The summed E-state index contributed by atoms with van der Waals surface area (Å²) in [5.41, 5.74) is 0. The molecule has 0 bridgehead atoms. The number of amides is 1. The van der Waals surface area contributed by atoms with Gasteiger partial charge in [-0.1, -0.05) is 0 Å². The number of furan rings is 1. The van der Waals surface area contributed by atoms with E-state index < -0.39 is 5.97 Å². The second kappa shape index (κ2) is 5.44. The first kappa shape index (κ1) is 13.6. The van der Waals surface area contributed by atoms with Crippen molar-refractivity contribution in [3.8, 4) is 0 Å². The lowest BCUT2D eigenvalue weighted by Gasteiger charge is -2.36. The summed E-state index contributed by atoms with van der Waals surface area (Å²) < 4.78 is 5.31. The Kier molecular flexibility index (Phi) is 3.90. The monoisotopic (exact) mass is 266 g/mol. The summed E-state index contributed by atoms with van der Waals surface area (Å²) in [6.45, 7) is 6.49. The van der Waals surface area contributed by atoms with Crippen LogP contribution in [0, 0.1) is 0 Å². The normalized spacial score (nSPS) is 18.3. The first-order valence-electron chi connectivity index (χ1n) is 6.31. The molecule has 1 aliphatic heterocycles. The fraction of sp³-hybridized carbons (Fsp3) is 0.538. The standard InChI is InChI=1S/C13H18N2O4/c1-9(11-3-4-12(19-11)13(17)18)14-5-7-15(8-6-14)10(2)16/h3-4,9H,5-8H2,1-2H3,(H,17,18). The molecule has 0 radical (unpaired) electrons. The zero-order valence-electron chi connectivity index (χ0n) is 11.1. The second-order valence-corrected chi connectivity index (χ2v) is 4.73. The Labute approximate surface area is 111 Å². The lowest BCUT2D eigenvalue weighted by Crippen LogP contribution is -2.48. The number of rotatable bonds is 3. The maximum absolute atomic E-state index is 11.2. The van der Waals surface area contributed by atoms with Crippen molar-refractivity contribution in [2.45, 2.75) is 19.9 Å². The SMILES string of the molecule is CC(=O)N1CCN(C(C)c2ccc(C(=O)O)o2)CC1. The van der Waals surface area contributed by atoms with Crippen molar-refractivity contribution in [2.24, 2.45) is 0 Å². The van der Waals surface area contributed by atoms with Gasteiger partial charge < -0.3 is 14.4 Å². The molecule has 1 N–H and O–H groups in total. The van der Waals surface area contributed by atoms with Crippen LogP contribution >= 0.6 is 0 Å². The Bertz CT molecular complexity index is 475. The predicted molar refractivity (Wildman–Crippen MR) is 67.9 cm³/mol. The zero-order chi connectivity index (χ0) is 14.0. The lowest BCUT2D eigenvalue weighted by molar-refractivity contribution is -0.130. The molecule has 2 rings (SSSR count). The number of piperazine rings is 1. The third-order valence-corrected chi connectivity index (χ3v) is 3.56. The van der Waals surface area contributed by atoms with Crippen molar-refractivity contribution in [2.75, 3.05) is 26.2 Å². The molecule has 1 aromatic rings. The molecule has 0 saturated carbocycles. The summed E-state index contributed by atoms with van der Waals surface area (Å²) in [7, 11) is 0. The van der Waals surface area contributed by atoms with Gasteiger partial charge in [0.2, 0.25) is 11.7 Å². The highest BCUT2D eigenvalue weighted by Gasteiger charge is 2.25. The predicted octanol–water partition coefficient (Wildman–Crippen LogP) is 1.20. The number of hydrogen-bond donors (Lipinski definition) is 1. The van der Waals surface area contributed by atoms with Crippen molar-refractivity contribution >= 4 is 11.9 Å². The van der Waals surface area contributed by atoms with Crippen LogP contribution in [0.3, 0.4) is 0 Å². The van der Waals surface area contributed by atoms with Gasteiger partial charge in [-0.3, -0.25) is 9.69 Å². The Morgan fingerprint density at radius 1 is 1.26 bits per heavy atom. The highest BCUT2D eigenvalue weighted by Crippen LogP contribution is 2.23. The maximum Gasteiger partial charge on any atom is 0.371 e. The van der Waals surface area contributed by atoms with Crippen LogP contribution in [0.15, 0.2) is 16.5 Å². The summed E-state index contributed by atoms with van der Waals surface area (Å²) in [5.74, 6) is -0.351. The Morgan fingerprint density at radius 3 is 2.37 bits per heavy atom. The zero-order valence-corrected chi connectivity index (χ0v) is 11.1. The van der Waals surface area contributed by atoms with Crippen LogP contribution in [-0.4, -0.2) is 53.0 Å². The molecule has 1 unspecified atom stereocenters. The fourth-order valence-corrected chi connectivity index (χ4v) is 2.30. The minimum absolute atomic E-state index is 0.0159. The van der Waals surface area contributed by atoms with E-state index in [-0.39, 0.29) is 17.7 Å². The summed E-state index contributed by atoms with van der Waals surface area (Å²) in [5, 5.41) is 8.83. The molecular formula is C13H18N2O4. The molecule has 104 valence electrons. The van der Waals surface area contributed by atoms with Gasteiger partial charge in [0.05, 0.1) is 6.04 Å². The van der Waals surface area contributed by atoms with Gasteiger partial charge in [0.25, 0.3) is 0 Å². The van der Waals surface area contributed by atoms with Crippen molar-refractivity contribution in [1.82, 2.24) is 9.80 Å². The molecular weight excluding hydrogens is 248 g/mol. The molecule has 0 aliphatic carbocycles. The van der Waals surface area contributed by atoms with E-state index in [4.69, 9.17) is 9.52 Å². The van der Waals surface area contributed by atoms with Gasteiger partial charge in [0.15, 0.2) is 0 Å². The van der Waals surface area contributed by atoms with Crippen LogP contribution in [0.1, 0.15) is 36.2 Å². The summed E-state index contributed by atoms with van der Waals surface area (Å²) in [4.78, 5) is 26.0. The van der Waals surface area contributed by atoms with Gasteiger partial charge in [0, 0.05) is 33.1 Å². The Hall–Kier alpha value is -1.82. The average molecular weight is 266 g/mol. The minimum atomic E-state index is -1.06. The number of carboxylic acids is 1. The topological polar surface area (TPSA) is 74.0 Å². The van der Waals surface area contributed by atoms with Crippen LogP contribution in [0.5, 0.6) is 0 Å². The molecule has 1 aromatic heterocycles. The van der Waals surface area contributed by atoms with Gasteiger partial charge in [-0.05, 0) is 19.1 Å². The highest BCUT2D eigenvalue weighted by atomic mass is 16.4. The molecule has 2 heterocycles. The van der Waals surface area contributed by atoms with E-state index in [9.17, 15) is 9.59 Å². The molecule has 1 saturated heterocycles. The third kappa shape index (κ3) is 2.96. The fourth-order valence-electron chi connectivity index (χ4n) is 2.30. The van der Waals surface area contributed by atoms with Crippen LogP contribution < -0.4 is 0 Å². The number of carboxylic acid groups (broad SMARTS) is 1. The number of aromatic carboxylic acids is 1. The van der Waals surface area contributed by atoms with Gasteiger partial charge in [0.1, 0.15) is 5.76 Å². The largest absolute Gasteiger partial charge is 0.475 e. The third-order valence-electron chi connectivity index (χ3n) is 3.56. The van der Waals surface area contributed by atoms with E-state index in [2.05, 4.69) is 4.90 Å². The molecule has 19 heavy (non-hydrogen) atoms. The van der Waals surface area contributed by atoms with Crippen LogP contribution in [0.4, 0.5) is 0 Å². The molecule has 1 aliphatic rings. The van der Waals surface area contributed by atoms with Crippen LogP contribution in [0.2, 0.25) is 0 Å². The quantitative estimate of drug-likeness (QED) is 0.890. The van der Waals surface area contributed by atoms with Gasteiger partial charge in [-0.25, -0.2) is 4.79 Å². The molecule has 6 heteroatoms. The smallest absolute Gasteiger partial charge is 0.371 e. The van der Waals surface area contributed by atoms with E-state index >= 15 is 0 Å². The van der Waals surface area contributed by atoms with Gasteiger partial charge in [-0.15, -0.1) is 0 Å². The second-order valence-electron chi connectivity index (χ2n) is 4.73. The Morgan fingerprint density at radius 2 is 1.89 bits per heavy atom. The first-order valence-corrected chi connectivity index (χ1v) is 6.31. The highest BCUT2D eigenvalue weighted by molar-refractivity contribution is 5.84. The van der Waals surface area contributed by atoms with Crippen LogP contribution in [-0.2, 0) is 4.79 Å². The summed E-state index contributed by atoms with van der Waals surface area (Å²) in [6, 6.07) is 3.19. The van der Waals surface area contributed by atoms with Crippen molar-refractivity contribution < 1.29 is 19.1 Å². The van der Waals surface area contributed by atoms with E-state index in [0.717, 1.165) is 13.1 Å². The minimum Gasteiger partial charge on any atom is -0.475 e. The Balaban J connectivity index is 1.98. The molecule has 0 spiro atoms. The van der Waals surface area contributed by atoms with Gasteiger partial charge >= 0.3 is 5.97 Å². The van der Waals surface area contributed by atoms with E-state index in [0.29, 0.717) is 18.8 Å². The lowest BCUT2D eigenvalue weighted by atomic mass is 10.2. The molecule has 1 amide bonds.